The summed E-state index contributed by atoms with van der Waals surface area (Å²) in [5, 5.41) is 22.3. The lowest BCUT2D eigenvalue weighted by Gasteiger charge is -2.05. The molecular formula is C19H17N7OS. The number of H-pyrrole nitrogens is 2. The van der Waals surface area contributed by atoms with Crippen molar-refractivity contribution in [1.82, 2.24) is 25.1 Å². The Morgan fingerprint density at radius 3 is 2.57 bits per heavy atom. The Bertz CT molecular complexity index is 1180. The number of aromatic hydroxyl groups is 1. The number of hydrogen-bond acceptors (Lipinski definition) is 7. The van der Waals surface area contributed by atoms with E-state index in [9.17, 15) is 5.11 Å². The molecule has 1 aromatic carbocycles. The molecule has 3 heterocycles. The standard InChI is InChI=1S/C16H13N5O.C3H4N2S/c17-5-12(6-18)16-9-20-14-2-1-10(4-15(14)21-16)11-3-13(22)8-19-7-11;6-3-1-2-4-5-3/h1-9,17,22H,18H2;1-2H,(H2,4,5,6)/b12-6+,17-5?;. The maximum absolute atomic E-state index is 9.53. The third-order valence-electron chi connectivity index (χ3n) is 3.74. The predicted molar refractivity (Wildman–Crippen MR) is 111 cm³/mol. The van der Waals surface area contributed by atoms with Crippen molar-refractivity contribution < 1.29 is 5.11 Å². The van der Waals surface area contributed by atoms with Crippen molar-refractivity contribution in [2.75, 3.05) is 0 Å². The summed E-state index contributed by atoms with van der Waals surface area (Å²) in [6, 6.07) is 9.02. The van der Waals surface area contributed by atoms with Gasteiger partial charge in [0.15, 0.2) is 0 Å². The normalized spacial score (nSPS) is 10.9. The molecule has 0 unspecified atom stereocenters. The van der Waals surface area contributed by atoms with Gasteiger partial charge in [-0.2, -0.15) is 0 Å². The Balaban J connectivity index is 0.000000320. The van der Waals surface area contributed by atoms with Crippen molar-refractivity contribution >= 4 is 35.0 Å². The van der Waals surface area contributed by atoms with E-state index in [4.69, 9.17) is 11.1 Å². The summed E-state index contributed by atoms with van der Waals surface area (Å²) >= 11 is 4.66. The van der Waals surface area contributed by atoms with Gasteiger partial charge >= 0.3 is 0 Å². The second-order valence-corrected chi connectivity index (χ2v) is 6.06. The topological polar surface area (TPSA) is 140 Å². The molecular weight excluding hydrogens is 374 g/mol. The van der Waals surface area contributed by atoms with E-state index in [1.807, 2.05) is 18.2 Å². The van der Waals surface area contributed by atoms with Crippen molar-refractivity contribution in [1.29, 1.82) is 5.41 Å². The summed E-state index contributed by atoms with van der Waals surface area (Å²) in [6.45, 7) is 0. The molecule has 140 valence electrons. The summed E-state index contributed by atoms with van der Waals surface area (Å²) in [5.41, 5.74) is 9.59. The molecule has 9 heteroatoms. The molecule has 0 saturated heterocycles. The minimum atomic E-state index is 0.106. The van der Waals surface area contributed by atoms with E-state index in [-0.39, 0.29) is 5.75 Å². The van der Waals surface area contributed by atoms with Crippen molar-refractivity contribution in [3.63, 3.8) is 0 Å². The number of rotatable bonds is 3. The number of nitrogens with zero attached hydrogens (tertiary/aromatic N) is 3. The monoisotopic (exact) mass is 391 g/mol. The molecule has 0 radical (unpaired) electrons. The minimum Gasteiger partial charge on any atom is -0.506 e. The first-order valence-corrected chi connectivity index (χ1v) is 8.57. The maximum Gasteiger partial charge on any atom is 0.134 e. The smallest absolute Gasteiger partial charge is 0.134 e. The zero-order valence-corrected chi connectivity index (χ0v) is 15.4. The van der Waals surface area contributed by atoms with Crippen LogP contribution in [0.15, 0.2) is 61.3 Å². The summed E-state index contributed by atoms with van der Waals surface area (Å²) in [7, 11) is 0. The summed E-state index contributed by atoms with van der Waals surface area (Å²) in [4.78, 5) is 12.8. The van der Waals surface area contributed by atoms with Gasteiger partial charge in [-0.1, -0.05) is 18.3 Å². The first-order chi connectivity index (χ1) is 13.6. The predicted octanol–water partition coefficient (Wildman–Crippen LogP) is 3.42. The van der Waals surface area contributed by atoms with Crippen LogP contribution in [-0.2, 0) is 0 Å². The molecule has 0 spiro atoms. The van der Waals surface area contributed by atoms with Gasteiger partial charge < -0.3 is 21.3 Å². The van der Waals surface area contributed by atoms with Gasteiger partial charge in [0.05, 0.1) is 29.1 Å². The molecule has 6 N–H and O–H groups in total. The van der Waals surface area contributed by atoms with Gasteiger partial charge in [0.2, 0.25) is 0 Å². The second-order valence-electron chi connectivity index (χ2n) is 5.62. The van der Waals surface area contributed by atoms with E-state index in [2.05, 4.69) is 37.4 Å². The zero-order valence-electron chi connectivity index (χ0n) is 14.6. The van der Waals surface area contributed by atoms with E-state index >= 15 is 0 Å². The van der Waals surface area contributed by atoms with Crippen LogP contribution in [0.5, 0.6) is 5.75 Å². The SMILES string of the molecule is N=C/C(=C\N)c1cnc2ccc(-c3cncc(O)c3)cc2n1.S=c1cc[nH][nH]1. The third-order valence-corrected chi connectivity index (χ3v) is 3.98. The Kier molecular flexibility index (Phi) is 5.87. The molecule has 0 aliphatic heterocycles. The lowest BCUT2D eigenvalue weighted by molar-refractivity contribution is 0.473. The number of hydrogen-bond donors (Lipinski definition) is 5. The number of allylic oxidation sites excluding steroid dienone is 1. The van der Waals surface area contributed by atoms with E-state index < -0.39 is 0 Å². The number of benzene rings is 1. The fourth-order valence-corrected chi connectivity index (χ4v) is 2.52. The second kappa shape index (κ2) is 8.69. The summed E-state index contributed by atoms with van der Waals surface area (Å²) in [6.07, 6.45) is 8.85. The largest absolute Gasteiger partial charge is 0.506 e. The Morgan fingerprint density at radius 2 is 1.96 bits per heavy atom. The molecule has 3 aromatic heterocycles. The van der Waals surface area contributed by atoms with E-state index in [0.717, 1.165) is 27.5 Å². The average molecular weight is 391 g/mol. The number of aromatic amines is 2. The van der Waals surface area contributed by atoms with Crippen LogP contribution < -0.4 is 5.73 Å². The van der Waals surface area contributed by atoms with E-state index in [1.165, 1.54) is 12.4 Å². The van der Waals surface area contributed by atoms with Crippen LogP contribution in [0, 0.1) is 10.0 Å². The van der Waals surface area contributed by atoms with Crippen molar-refractivity contribution in [2.45, 2.75) is 0 Å². The Hall–Kier alpha value is -3.85. The van der Waals surface area contributed by atoms with Crippen LogP contribution in [0.1, 0.15) is 5.69 Å². The quantitative estimate of drug-likeness (QED) is 0.268. The highest BCUT2D eigenvalue weighted by atomic mass is 32.1. The maximum atomic E-state index is 9.53. The molecule has 0 aliphatic carbocycles. The molecule has 28 heavy (non-hydrogen) atoms. The molecule has 8 nitrogen and oxygen atoms in total. The average Bonchev–Trinajstić information content (AvgIpc) is 3.20. The van der Waals surface area contributed by atoms with Crippen LogP contribution in [-0.4, -0.2) is 36.5 Å². The van der Waals surface area contributed by atoms with Gasteiger partial charge in [-0.15, -0.1) is 0 Å². The first kappa shape index (κ1) is 18.9. The molecule has 4 aromatic rings. The zero-order chi connectivity index (χ0) is 19.9. The van der Waals surface area contributed by atoms with E-state index in [0.29, 0.717) is 16.8 Å². The molecule has 0 saturated carbocycles. The van der Waals surface area contributed by atoms with Gasteiger partial charge in [0, 0.05) is 35.9 Å². The van der Waals surface area contributed by atoms with Crippen LogP contribution in [0.25, 0.3) is 27.7 Å². The van der Waals surface area contributed by atoms with E-state index in [1.54, 1.807) is 30.7 Å². The number of nitrogens with two attached hydrogens (primary N) is 1. The molecule has 0 aliphatic rings. The first-order valence-electron chi connectivity index (χ1n) is 8.16. The van der Waals surface area contributed by atoms with Gasteiger partial charge in [0.1, 0.15) is 10.4 Å². The molecule has 0 bridgehead atoms. The highest BCUT2D eigenvalue weighted by Gasteiger charge is 2.06. The molecule has 0 amide bonds. The van der Waals surface area contributed by atoms with Gasteiger partial charge in [0.25, 0.3) is 0 Å². The highest BCUT2D eigenvalue weighted by Crippen LogP contribution is 2.25. The van der Waals surface area contributed by atoms with Crippen LogP contribution >= 0.6 is 12.2 Å². The fourth-order valence-electron chi connectivity index (χ4n) is 2.40. The highest BCUT2D eigenvalue weighted by molar-refractivity contribution is 7.71. The lowest BCUT2D eigenvalue weighted by Crippen LogP contribution is -1.96. The molecule has 4 rings (SSSR count). The van der Waals surface area contributed by atoms with Crippen LogP contribution in [0.2, 0.25) is 0 Å². The summed E-state index contributed by atoms with van der Waals surface area (Å²) in [5.74, 6) is 0.106. The van der Waals surface area contributed by atoms with Gasteiger partial charge in [-0.05, 0) is 29.8 Å². The Morgan fingerprint density at radius 1 is 1.11 bits per heavy atom. The fraction of sp³-hybridized carbons (Fsp3) is 0. The van der Waals surface area contributed by atoms with Crippen LogP contribution in [0.3, 0.4) is 0 Å². The Labute approximate surface area is 165 Å². The van der Waals surface area contributed by atoms with Crippen molar-refractivity contribution in [3.8, 4) is 16.9 Å². The number of pyridine rings is 1. The molecule has 0 atom stereocenters. The van der Waals surface area contributed by atoms with Gasteiger partial charge in [-0.3, -0.25) is 15.1 Å². The minimum absolute atomic E-state index is 0.106. The molecule has 0 fully saturated rings. The third kappa shape index (κ3) is 4.46. The van der Waals surface area contributed by atoms with Gasteiger partial charge in [-0.25, -0.2) is 4.98 Å². The summed E-state index contributed by atoms with van der Waals surface area (Å²) < 4.78 is 0.745. The van der Waals surface area contributed by atoms with Crippen molar-refractivity contribution in [3.05, 3.63) is 71.7 Å². The number of nitrogens with one attached hydrogen (secondary N) is 3. The van der Waals surface area contributed by atoms with Crippen LogP contribution in [0.4, 0.5) is 0 Å². The number of aromatic nitrogens is 5. The van der Waals surface area contributed by atoms with Crippen molar-refractivity contribution in [2.24, 2.45) is 5.73 Å². The lowest BCUT2D eigenvalue weighted by atomic mass is 10.1. The number of fused-ring (bicyclic) bond motifs is 1.